The van der Waals surface area contributed by atoms with Crippen LogP contribution < -0.4 is 5.32 Å². The van der Waals surface area contributed by atoms with Crippen molar-refractivity contribution in [1.82, 2.24) is 14.8 Å². The standard InChI is InChI=1S/C14H17N4O3S/c1-18-10(6-9(17-18)8-20-2)13(19)16-14-15-7-12(22-14)11-4-3-5-21-11/h3,6-7,11H,4-5,8H2,1-2H3,(H,15,16,19)/t11-/m0/s1. The maximum Gasteiger partial charge on any atom is 0.275 e. The van der Waals surface area contributed by atoms with Crippen molar-refractivity contribution in [3.63, 3.8) is 0 Å². The number of carbonyl (C=O) groups excluding carboxylic acids is 1. The molecule has 0 aromatic carbocycles. The molecule has 2 aromatic rings. The number of amides is 1. The average molecular weight is 321 g/mol. The number of hydrogen-bond acceptors (Lipinski definition) is 6. The van der Waals surface area contributed by atoms with E-state index < -0.39 is 0 Å². The number of aromatic nitrogens is 3. The predicted octanol–water partition coefficient (Wildman–Crippen LogP) is 1.94. The van der Waals surface area contributed by atoms with Gasteiger partial charge in [0.1, 0.15) is 5.69 Å². The van der Waals surface area contributed by atoms with Gasteiger partial charge in [-0.3, -0.25) is 14.8 Å². The molecule has 1 radical (unpaired) electrons. The lowest BCUT2D eigenvalue weighted by molar-refractivity contribution is 0.101. The van der Waals surface area contributed by atoms with Gasteiger partial charge >= 0.3 is 0 Å². The van der Waals surface area contributed by atoms with E-state index in [0.717, 1.165) is 11.3 Å². The molecule has 7 nitrogen and oxygen atoms in total. The molecule has 0 unspecified atom stereocenters. The number of rotatable bonds is 5. The molecule has 1 N–H and O–H groups in total. The topological polar surface area (TPSA) is 78.3 Å². The SMILES string of the molecule is COCc1cc(C(=O)Nc2ncc([C@@H]3C[CH]CO3)s2)n(C)n1. The molecule has 1 amide bonds. The summed E-state index contributed by atoms with van der Waals surface area (Å²) < 4.78 is 12.1. The highest BCUT2D eigenvalue weighted by molar-refractivity contribution is 7.15. The highest BCUT2D eigenvalue weighted by atomic mass is 32.1. The van der Waals surface area contributed by atoms with Gasteiger partial charge in [0.15, 0.2) is 5.13 Å². The number of hydrogen-bond donors (Lipinski definition) is 1. The van der Waals surface area contributed by atoms with E-state index in [2.05, 4.69) is 21.8 Å². The van der Waals surface area contributed by atoms with E-state index in [1.165, 1.54) is 16.0 Å². The summed E-state index contributed by atoms with van der Waals surface area (Å²) in [6.07, 6.45) is 4.80. The summed E-state index contributed by atoms with van der Waals surface area (Å²) in [5.41, 5.74) is 1.18. The predicted molar refractivity (Wildman–Crippen MR) is 81.6 cm³/mol. The van der Waals surface area contributed by atoms with Crippen LogP contribution >= 0.6 is 11.3 Å². The lowest BCUT2D eigenvalue weighted by Gasteiger charge is -2.04. The summed E-state index contributed by atoms with van der Waals surface area (Å²) in [6.45, 7) is 1.04. The number of methoxy groups -OCH3 is 1. The lowest BCUT2D eigenvalue weighted by Crippen LogP contribution is -2.15. The normalized spacial score (nSPS) is 17.8. The fourth-order valence-electron chi connectivity index (χ4n) is 2.28. The quantitative estimate of drug-likeness (QED) is 0.910. The third kappa shape index (κ3) is 3.18. The van der Waals surface area contributed by atoms with E-state index in [1.807, 2.05) is 0 Å². The van der Waals surface area contributed by atoms with Crippen LogP contribution in [-0.2, 0) is 23.1 Å². The first-order chi connectivity index (χ1) is 10.7. The molecule has 0 bridgehead atoms. The summed E-state index contributed by atoms with van der Waals surface area (Å²) in [4.78, 5) is 17.6. The Kier molecular flexibility index (Phi) is 4.51. The molecule has 1 atom stereocenters. The maximum absolute atomic E-state index is 12.3. The van der Waals surface area contributed by atoms with Gasteiger partial charge in [-0.05, 0) is 18.9 Å². The molecule has 1 fully saturated rings. The summed E-state index contributed by atoms with van der Waals surface area (Å²) in [7, 11) is 3.32. The summed E-state index contributed by atoms with van der Waals surface area (Å²) in [5.74, 6) is -0.239. The highest BCUT2D eigenvalue weighted by Gasteiger charge is 2.21. The summed E-state index contributed by atoms with van der Waals surface area (Å²) in [6, 6.07) is 1.71. The summed E-state index contributed by atoms with van der Waals surface area (Å²) in [5, 5.41) is 7.58. The zero-order valence-corrected chi connectivity index (χ0v) is 13.2. The van der Waals surface area contributed by atoms with Crippen LogP contribution in [0.25, 0.3) is 0 Å². The Bertz CT molecular complexity index is 661. The first kappa shape index (κ1) is 15.1. The number of aryl methyl sites for hydroxylation is 1. The molecule has 0 saturated carbocycles. The van der Waals surface area contributed by atoms with E-state index in [0.29, 0.717) is 29.7 Å². The fraction of sp³-hybridized carbons (Fsp3) is 0.429. The van der Waals surface area contributed by atoms with Crippen molar-refractivity contribution < 1.29 is 14.3 Å². The zero-order chi connectivity index (χ0) is 15.5. The van der Waals surface area contributed by atoms with Gasteiger partial charge in [0.05, 0.1) is 29.9 Å². The number of anilines is 1. The lowest BCUT2D eigenvalue weighted by atomic mass is 10.2. The van der Waals surface area contributed by atoms with Crippen LogP contribution in [0.4, 0.5) is 5.13 Å². The van der Waals surface area contributed by atoms with Crippen LogP contribution in [0.15, 0.2) is 12.3 Å². The molecule has 1 saturated heterocycles. The van der Waals surface area contributed by atoms with E-state index in [9.17, 15) is 4.79 Å². The van der Waals surface area contributed by atoms with E-state index >= 15 is 0 Å². The molecule has 0 aliphatic carbocycles. The van der Waals surface area contributed by atoms with Crippen molar-refractivity contribution in [2.24, 2.45) is 7.05 Å². The first-order valence-corrected chi connectivity index (χ1v) is 7.71. The number of ether oxygens (including phenoxy) is 2. The molecular formula is C14H17N4O3S. The third-order valence-corrected chi connectivity index (χ3v) is 4.32. The first-order valence-electron chi connectivity index (χ1n) is 6.89. The number of nitrogens with one attached hydrogen (secondary N) is 1. The molecule has 3 heterocycles. The van der Waals surface area contributed by atoms with Gasteiger partial charge in [0, 0.05) is 20.4 Å². The van der Waals surface area contributed by atoms with Gasteiger partial charge in [0.25, 0.3) is 5.91 Å². The van der Waals surface area contributed by atoms with Crippen molar-refractivity contribution in [3.05, 3.63) is 34.9 Å². The zero-order valence-electron chi connectivity index (χ0n) is 12.4. The smallest absolute Gasteiger partial charge is 0.275 e. The van der Waals surface area contributed by atoms with Crippen molar-refractivity contribution in [2.45, 2.75) is 19.1 Å². The Morgan fingerprint density at radius 3 is 3.23 bits per heavy atom. The van der Waals surface area contributed by atoms with E-state index in [-0.39, 0.29) is 12.0 Å². The molecule has 1 aliphatic heterocycles. The second-order valence-corrected chi connectivity index (χ2v) is 6.01. The van der Waals surface area contributed by atoms with Crippen LogP contribution in [0.2, 0.25) is 0 Å². The Balaban J connectivity index is 1.68. The minimum atomic E-state index is -0.239. The number of thiazole rings is 1. The van der Waals surface area contributed by atoms with Crippen LogP contribution in [0.5, 0.6) is 0 Å². The van der Waals surface area contributed by atoms with Crippen LogP contribution in [0.1, 0.15) is 33.6 Å². The van der Waals surface area contributed by atoms with Gasteiger partial charge < -0.3 is 9.47 Å². The third-order valence-electron chi connectivity index (χ3n) is 3.31. The molecule has 2 aromatic heterocycles. The molecule has 0 spiro atoms. The summed E-state index contributed by atoms with van der Waals surface area (Å²) >= 11 is 1.43. The van der Waals surface area contributed by atoms with Crippen LogP contribution in [0, 0.1) is 6.42 Å². The van der Waals surface area contributed by atoms with Crippen molar-refractivity contribution >= 4 is 22.4 Å². The second-order valence-electron chi connectivity index (χ2n) is 4.95. The molecule has 3 rings (SSSR count). The minimum absolute atomic E-state index is 0.0631. The minimum Gasteiger partial charge on any atom is -0.378 e. The molecule has 22 heavy (non-hydrogen) atoms. The van der Waals surface area contributed by atoms with Crippen LogP contribution in [0.3, 0.4) is 0 Å². The van der Waals surface area contributed by atoms with E-state index in [4.69, 9.17) is 9.47 Å². The monoisotopic (exact) mass is 321 g/mol. The van der Waals surface area contributed by atoms with Gasteiger partial charge in [-0.15, -0.1) is 0 Å². The Morgan fingerprint density at radius 2 is 2.50 bits per heavy atom. The van der Waals surface area contributed by atoms with E-state index in [1.54, 1.807) is 26.4 Å². The maximum atomic E-state index is 12.3. The Morgan fingerprint density at radius 1 is 1.64 bits per heavy atom. The number of nitrogens with zero attached hydrogens (tertiary/aromatic N) is 3. The Hall–Kier alpha value is -1.77. The van der Waals surface area contributed by atoms with Crippen molar-refractivity contribution in [3.8, 4) is 0 Å². The largest absolute Gasteiger partial charge is 0.378 e. The highest BCUT2D eigenvalue weighted by Crippen LogP contribution is 2.33. The molecular weight excluding hydrogens is 304 g/mol. The second kappa shape index (κ2) is 6.55. The molecule has 117 valence electrons. The van der Waals surface area contributed by atoms with Gasteiger partial charge in [-0.2, -0.15) is 5.10 Å². The Labute approximate surface area is 132 Å². The molecule has 1 aliphatic rings. The average Bonchev–Trinajstić information content (AvgIpc) is 3.19. The fourth-order valence-corrected chi connectivity index (χ4v) is 3.16. The van der Waals surface area contributed by atoms with Crippen LogP contribution in [-0.4, -0.2) is 34.4 Å². The van der Waals surface area contributed by atoms with Crippen molar-refractivity contribution in [2.75, 3.05) is 19.0 Å². The number of carbonyl (C=O) groups is 1. The van der Waals surface area contributed by atoms with Gasteiger partial charge in [-0.25, -0.2) is 4.98 Å². The van der Waals surface area contributed by atoms with Gasteiger partial charge in [-0.1, -0.05) is 11.3 Å². The van der Waals surface area contributed by atoms with Gasteiger partial charge in [0.2, 0.25) is 0 Å². The van der Waals surface area contributed by atoms with Crippen molar-refractivity contribution in [1.29, 1.82) is 0 Å². The molecule has 8 heteroatoms.